The first-order chi connectivity index (χ1) is 11.4. The van der Waals surface area contributed by atoms with Gasteiger partial charge in [0.25, 0.3) is 5.91 Å². The molecule has 0 radical (unpaired) electrons. The van der Waals surface area contributed by atoms with Gasteiger partial charge in [-0.15, -0.1) is 0 Å². The van der Waals surface area contributed by atoms with Crippen LogP contribution in [0.5, 0.6) is 0 Å². The van der Waals surface area contributed by atoms with Crippen molar-refractivity contribution in [2.45, 2.75) is 12.7 Å². The summed E-state index contributed by atoms with van der Waals surface area (Å²) in [7, 11) is 0. The van der Waals surface area contributed by atoms with E-state index in [1.165, 1.54) is 11.8 Å². The van der Waals surface area contributed by atoms with Crippen LogP contribution in [0.15, 0.2) is 16.5 Å². The summed E-state index contributed by atoms with van der Waals surface area (Å²) in [5.41, 5.74) is -1.07. The largest absolute Gasteiger partial charge is 0.481 e. The van der Waals surface area contributed by atoms with E-state index < -0.39 is 11.4 Å². The van der Waals surface area contributed by atoms with Crippen LogP contribution in [0, 0.1) is 11.3 Å². The van der Waals surface area contributed by atoms with Crippen LogP contribution < -0.4 is 0 Å². The summed E-state index contributed by atoms with van der Waals surface area (Å²) in [6, 6.07) is 3.41. The van der Waals surface area contributed by atoms with E-state index in [0.29, 0.717) is 18.8 Å². The van der Waals surface area contributed by atoms with Gasteiger partial charge in [-0.2, -0.15) is 11.8 Å². The van der Waals surface area contributed by atoms with E-state index >= 15 is 0 Å². The third kappa shape index (κ3) is 2.68. The maximum absolute atomic E-state index is 12.6. The Labute approximate surface area is 144 Å². The van der Waals surface area contributed by atoms with Crippen LogP contribution in [0.4, 0.5) is 0 Å². The highest BCUT2D eigenvalue weighted by atomic mass is 32.2. The number of amides is 2. The van der Waals surface area contributed by atoms with E-state index in [1.54, 1.807) is 28.8 Å². The number of carboxylic acids is 1. The van der Waals surface area contributed by atoms with Crippen molar-refractivity contribution in [3.05, 3.63) is 23.7 Å². The van der Waals surface area contributed by atoms with E-state index in [4.69, 9.17) is 4.42 Å². The van der Waals surface area contributed by atoms with Crippen molar-refractivity contribution in [3.63, 3.8) is 0 Å². The van der Waals surface area contributed by atoms with Crippen molar-refractivity contribution in [2.75, 3.05) is 32.4 Å². The van der Waals surface area contributed by atoms with Crippen LogP contribution in [-0.2, 0) is 15.3 Å². The Balaban J connectivity index is 1.77. The summed E-state index contributed by atoms with van der Waals surface area (Å²) >= 11 is 1.60. The molecule has 3 heterocycles. The quantitative estimate of drug-likeness (QED) is 0.874. The van der Waals surface area contributed by atoms with E-state index in [0.717, 1.165) is 5.76 Å². The lowest BCUT2D eigenvalue weighted by molar-refractivity contribution is -0.149. The number of fused-ring (bicyclic) bond motifs is 1. The van der Waals surface area contributed by atoms with Crippen LogP contribution in [0.3, 0.4) is 0 Å². The molecule has 2 atom stereocenters. The van der Waals surface area contributed by atoms with Crippen LogP contribution >= 0.6 is 11.8 Å². The number of carbonyl (C=O) groups is 3. The molecule has 130 valence electrons. The molecule has 1 aromatic heterocycles. The van der Waals surface area contributed by atoms with Crippen LogP contribution in [-0.4, -0.2) is 65.1 Å². The van der Waals surface area contributed by atoms with E-state index in [2.05, 4.69) is 0 Å². The summed E-state index contributed by atoms with van der Waals surface area (Å²) in [4.78, 5) is 39.2. The van der Waals surface area contributed by atoms with Gasteiger partial charge in [0.2, 0.25) is 5.91 Å². The van der Waals surface area contributed by atoms with Gasteiger partial charge in [0.15, 0.2) is 5.76 Å². The van der Waals surface area contributed by atoms with Gasteiger partial charge in [-0.3, -0.25) is 14.4 Å². The topological polar surface area (TPSA) is 91.1 Å². The summed E-state index contributed by atoms with van der Waals surface area (Å²) < 4.78 is 5.55. The average molecular weight is 352 g/mol. The van der Waals surface area contributed by atoms with Gasteiger partial charge >= 0.3 is 5.97 Å². The second-order valence-corrected chi connectivity index (χ2v) is 7.31. The maximum atomic E-state index is 12.6. The van der Waals surface area contributed by atoms with Gasteiger partial charge in [-0.1, -0.05) is 0 Å². The maximum Gasteiger partial charge on any atom is 0.313 e. The monoisotopic (exact) mass is 352 g/mol. The van der Waals surface area contributed by atoms with Crippen molar-refractivity contribution in [1.82, 2.24) is 9.80 Å². The number of carbonyl (C=O) groups excluding carboxylic acids is 2. The number of carboxylic acid groups (broad SMARTS) is 1. The van der Waals surface area contributed by atoms with Crippen molar-refractivity contribution in [3.8, 4) is 0 Å². The van der Waals surface area contributed by atoms with Crippen molar-refractivity contribution < 1.29 is 23.9 Å². The predicted molar refractivity (Wildman–Crippen MR) is 87.6 cm³/mol. The van der Waals surface area contributed by atoms with Crippen molar-refractivity contribution >= 4 is 29.5 Å². The molecule has 2 aliphatic rings. The highest BCUT2D eigenvalue weighted by molar-refractivity contribution is 7.97. The van der Waals surface area contributed by atoms with Gasteiger partial charge < -0.3 is 19.3 Å². The molecule has 1 N–H and O–H groups in total. The molecule has 0 unspecified atom stereocenters. The lowest BCUT2D eigenvalue weighted by Gasteiger charge is -2.24. The Morgan fingerprint density at radius 3 is 2.54 bits per heavy atom. The molecule has 2 aliphatic heterocycles. The number of aliphatic carboxylic acids is 1. The SMILES string of the molecule is CSCc1ccc(C(=O)N2C[C@H]3CN(C(C)=O)C[C@@]3(C(=O)O)C2)o1. The number of rotatable bonds is 4. The van der Waals surface area contributed by atoms with Gasteiger partial charge in [0.1, 0.15) is 11.2 Å². The number of hydrogen-bond acceptors (Lipinski definition) is 5. The molecular formula is C16H20N2O5S. The molecule has 0 bridgehead atoms. The Bertz CT molecular complexity index is 688. The highest BCUT2D eigenvalue weighted by Gasteiger charge is 2.59. The third-order valence-corrected chi connectivity index (χ3v) is 5.50. The van der Waals surface area contributed by atoms with E-state index in [-0.39, 0.29) is 36.6 Å². The van der Waals surface area contributed by atoms with Crippen molar-refractivity contribution in [1.29, 1.82) is 0 Å². The van der Waals surface area contributed by atoms with E-state index in [9.17, 15) is 19.5 Å². The molecule has 24 heavy (non-hydrogen) atoms. The number of nitrogens with zero attached hydrogens (tertiary/aromatic N) is 2. The minimum atomic E-state index is -1.07. The third-order valence-electron chi connectivity index (χ3n) is 4.93. The lowest BCUT2D eigenvalue weighted by atomic mass is 9.81. The molecule has 0 spiro atoms. The zero-order chi connectivity index (χ0) is 17.5. The standard InChI is InChI=1S/C16H20N2O5S/c1-10(19)17-5-11-6-18(9-16(11,8-17)15(21)22)14(20)13-4-3-12(23-13)7-24-2/h3-4,11H,5-9H2,1-2H3,(H,21,22)/t11-,16-/m1/s1. The predicted octanol–water partition coefficient (Wildman–Crippen LogP) is 1.15. The van der Waals surface area contributed by atoms with Crippen LogP contribution in [0.2, 0.25) is 0 Å². The zero-order valence-electron chi connectivity index (χ0n) is 13.7. The minimum absolute atomic E-state index is 0.105. The first-order valence-electron chi connectivity index (χ1n) is 7.73. The Morgan fingerprint density at radius 1 is 1.29 bits per heavy atom. The molecule has 2 fully saturated rings. The average Bonchev–Trinajstić information content (AvgIpc) is 3.18. The second kappa shape index (κ2) is 6.16. The number of hydrogen-bond donors (Lipinski definition) is 1. The fourth-order valence-electron chi connectivity index (χ4n) is 3.63. The Morgan fingerprint density at radius 2 is 1.96 bits per heavy atom. The highest BCUT2D eigenvalue weighted by Crippen LogP contribution is 2.43. The summed E-state index contributed by atoms with van der Waals surface area (Å²) in [5, 5.41) is 9.72. The molecule has 0 aliphatic carbocycles. The summed E-state index contributed by atoms with van der Waals surface area (Å²) in [5.74, 6) is 0.0339. The number of furan rings is 1. The first-order valence-corrected chi connectivity index (χ1v) is 9.12. The normalized spacial score (nSPS) is 25.8. The molecule has 2 saturated heterocycles. The molecule has 0 saturated carbocycles. The Kier molecular flexibility index (Phi) is 4.33. The van der Waals surface area contributed by atoms with Gasteiger partial charge in [-0.25, -0.2) is 0 Å². The summed E-state index contributed by atoms with van der Waals surface area (Å²) in [6.45, 7) is 2.40. The second-order valence-electron chi connectivity index (χ2n) is 6.44. The molecule has 7 nitrogen and oxygen atoms in total. The zero-order valence-corrected chi connectivity index (χ0v) is 14.5. The molecule has 8 heteroatoms. The molecular weight excluding hydrogens is 332 g/mol. The van der Waals surface area contributed by atoms with Crippen LogP contribution in [0.25, 0.3) is 0 Å². The first kappa shape index (κ1) is 16.9. The van der Waals surface area contributed by atoms with Crippen molar-refractivity contribution in [2.24, 2.45) is 11.3 Å². The van der Waals surface area contributed by atoms with Gasteiger partial charge in [0, 0.05) is 39.0 Å². The lowest BCUT2D eigenvalue weighted by Crippen LogP contribution is -2.42. The van der Waals surface area contributed by atoms with E-state index in [1.807, 2.05) is 6.26 Å². The fraction of sp³-hybridized carbons (Fsp3) is 0.562. The van der Waals surface area contributed by atoms with Gasteiger partial charge in [-0.05, 0) is 18.4 Å². The summed E-state index contributed by atoms with van der Waals surface area (Å²) in [6.07, 6.45) is 1.95. The van der Waals surface area contributed by atoms with Crippen LogP contribution in [0.1, 0.15) is 23.2 Å². The molecule has 2 amide bonds. The smallest absolute Gasteiger partial charge is 0.313 e. The molecule has 3 rings (SSSR count). The molecule has 1 aromatic rings. The number of thioether (sulfide) groups is 1. The van der Waals surface area contributed by atoms with Gasteiger partial charge in [0.05, 0.1) is 5.75 Å². The Hall–Kier alpha value is -1.96. The molecule has 0 aromatic carbocycles. The fourth-order valence-corrected chi connectivity index (χ4v) is 4.07. The minimum Gasteiger partial charge on any atom is -0.481 e. The number of likely N-dealkylation sites (tertiary alicyclic amines) is 2.